The number of anilines is 1. The van der Waals surface area contributed by atoms with Gasteiger partial charge in [0.15, 0.2) is 0 Å². The van der Waals surface area contributed by atoms with Gasteiger partial charge in [0, 0.05) is 12.2 Å². The lowest BCUT2D eigenvalue weighted by atomic mass is 10.0. The zero-order chi connectivity index (χ0) is 16.0. The van der Waals surface area contributed by atoms with Crippen LogP contribution in [0.4, 0.5) is 10.5 Å². The number of nitrogens with one attached hydrogen (secondary N) is 1. The van der Waals surface area contributed by atoms with Crippen molar-refractivity contribution >= 4 is 17.9 Å². The number of hydrogen-bond acceptors (Lipinski definition) is 3. The summed E-state index contributed by atoms with van der Waals surface area (Å²) in [5.74, 6) is 0. The highest BCUT2D eigenvalue weighted by Crippen LogP contribution is 2.20. The molecule has 0 unspecified atom stereocenters. The van der Waals surface area contributed by atoms with E-state index in [0.717, 1.165) is 23.2 Å². The Kier molecular flexibility index (Phi) is 5.82. The Morgan fingerprint density at radius 3 is 2.62 bits per heavy atom. The Hall–Kier alpha value is -1.97. The molecule has 0 spiro atoms. The van der Waals surface area contributed by atoms with Crippen LogP contribution in [0.1, 0.15) is 43.9 Å². The lowest BCUT2D eigenvalue weighted by Crippen LogP contribution is -2.32. The number of alkyl carbamates (subject to hydrolysis) is 1. The van der Waals surface area contributed by atoms with Crippen LogP contribution in [0.5, 0.6) is 0 Å². The minimum absolute atomic E-state index is 0.387. The summed E-state index contributed by atoms with van der Waals surface area (Å²) >= 11 is 0. The number of ether oxygens (including phenoxy) is 1. The molecule has 0 bridgehead atoms. The Bertz CT molecular complexity index is 528. The molecule has 0 saturated heterocycles. The molecule has 3 N–H and O–H groups in total. The molecule has 4 nitrogen and oxygen atoms in total. The molecular formula is C17H26N2O2. The molecule has 0 aliphatic heterocycles. The fourth-order valence-electron chi connectivity index (χ4n) is 1.93. The molecule has 116 valence electrons. The first-order chi connectivity index (χ1) is 9.69. The van der Waals surface area contributed by atoms with E-state index in [4.69, 9.17) is 10.5 Å². The van der Waals surface area contributed by atoms with Gasteiger partial charge < -0.3 is 15.8 Å². The van der Waals surface area contributed by atoms with Gasteiger partial charge in [-0.05, 0) is 58.2 Å². The van der Waals surface area contributed by atoms with Crippen LogP contribution in [0.3, 0.4) is 0 Å². The van der Waals surface area contributed by atoms with Crippen LogP contribution in [0, 0.1) is 13.8 Å². The predicted molar refractivity (Wildman–Crippen MR) is 88.2 cm³/mol. The number of carbonyl (C=O) groups is 1. The van der Waals surface area contributed by atoms with E-state index in [1.807, 2.05) is 46.8 Å². The minimum atomic E-state index is -0.465. The van der Waals surface area contributed by atoms with Gasteiger partial charge in [0.25, 0.3) is 0 Å². The molecule has 1 rings (SSSR count). The summed E-state index contributed by atoms with van der Waals surface area (Å²) in [7, 11) is 0. The zero-order valence-electron chi connectivity index (χ0n) is 13.6. The molecule has 21 heavy (non-hydrogen) atoms. The van der Waals surface area contributed by atoms with Crippen molar-refractivity contribution in [2.75, 3.05) is 12.3 Å². The highest BCUT2D eigenvalue weighted by molar-refractivity contribution is 5.69. The topological polar surface area (TPSA) is 64.3 Å². The Morgan fingerprint density at radius 2 is 2.00 bits per heavy atom. The smallest absolute Gasteiger partial charge is 0.407 e. The molecule has 0 atom stereocenters. The van der Waals surface area contributed by atoms with Crippen LogP contribution >= 0.6 is 0 Å². The van der Waals surface area contributed by atoms with E-state index in [-0.39, 0.29) is 6.09 Å². The second-order valence-corrected chi connectivity index (χ2v) is 6.20. The van der Waals surface area contributed by atoms with Gasteiger partial charge >= 0.3 is 6.09 Å². The van der Waals surface area contributed by atoms with Gasteiger partial charge in [0.05, 0.1) is 0 Å². The Labute approximate surface area is 127 Å². The van der Waals surface area contributed by atoms with Gasteiger partial charge in [0.1, 0.15) is 5.60 Å². The van der Waals surface area contributed by atoms with Gasteiger partial charge in [-0.2, -0.15) is 0 Å². The summed E-state index contributed by atoms with van der Waals surface area (Å²) in [6, 6.07) is 4.12. The summed E-state index contributed by atoms with van der Waals surface area (Å²) in [5.41, 5.74) is 9.67. The van der Waals surface area contributed by atoms with Gasteiger partial charge in [0.2, 0.25) is 0 Å². The SMILES string of the molecule is Cc1cc(C)c(N)c(C=CCCNC(=O)OC(C)(C)C)c1. The average Bonchev–Trinajstić information content (AvgIpc) is 2.32. The molecule has 1 aromatic carbocycles. The minimum Gasteiger partial charge on any atom is -0.444 e. The average molecular weight is 290 g/mol. The first-order valence-electron chi connectivity index (χ1n) is 7.19. The molecule has 0 aliphatic carbocycles. The monoisotopic (exact) mass is 290 g/mol. The van der Waals surface area contributed by atoms with Crippen LogP contribution in [0.25, 0.3) is 6.08 Å². The van der Waals surface area contributed by atoms with E-state index in [1.165, 1.54) is 5.56 Å². The molecule has 0 aromatic heterocycles. The number of carbonyl (C=O) groups excluding carboxylic acids is 1. The number of rotatable bonds is 4. The first-order valence-corrected chi connectivity index (χ1v) is 7.19. The fraction of sp³-hybridized carbons (Fsp3) is 0.471. The van der Waals surface area contributed by atoms with E-state index in [1.54, 1.807) is 0 Å². The van der Waals surface area contributed by atoms with E-state index in [0.29, 0.717) is 6.54 Å². The molecule has 0 aliphatic rings. The van der Waals surface area contributed by atoms with Gasteiger partial charge in [-0.15, -0.1) is 0 Å². The van der Waals surface area contributed by atoms with Crippen LogP contribution in [0.15, 0.2) is 18.2 Å². The molecule has 1 aromatic rings. The number of hydrogen-bond donors (Lipinski definition) is 2. The number of benzene rings is 1. The zero-order valence-corrected chi connectivity index (χ0v) is 13.6. The molecule has 0 heterocycles. The standard InChI is InChI=1S/C17H26N2O2/c1-12-10-13(2)15(18)14(11-12)8-6-7-9-19-16(20)21-17(3,4)5/h6,8,10-11H,7,9,18H2,1-5H3,(H,19,20). The van der Waals surface area contributed by atoms with Crippen LogP contribution in [-0.2, 0) is 4.74 Å². The third-order valence-electron chi connectivity index (χ3n) is 2.84. The van der Waals surface area contributed by atoms with Crippen molar-refractivity contribution in [3.05, 3.63) is 34.9 Å². The quantitative estimate of drug-likeness (QED) is 0.654. The molecule has 1 amide bonds. The van der Waals surface area contributed by atoms with Gasteiger partial charge in [-0.1, -0.05) is 23.8 Å². The Balaban J connectivity index is 2.45. The molecule has 4 heteroatoms. The number of nitrogens with two attached hydrogens (primary N) is 1. The summed E-state index contributed by atoms with van der Waals surface area (Å²) in [4.78, 5) is 11.5. The number of aryl methyl sites for hydroxylation is 2. The maximum atomic E-state index is 11.5. The number of nitrogen functional groups attached to an aromatic ring is 1. The number of amides is 1. The first kappa shape index (κ1) is 17.1. The third kappa shape index (κ3) is 6.34. The van der Waals surface area contributed by atoms with E-state index < -0.39 is 5.60 Å². The van der Waals surface area contributed by atoms with E-state index in [2.05, 4.69) is 17.4 Å². The molecular weight excluding hydrogens is 264 g/mol. The van der Waals surface area contributed by atoms with Crippen molar-refractivity contribution < 1.29 is 9.53 Å². The van der Waals surface area contributed by atoms with Crippen LogP contribution < -0.4 is 11.1 Å². The fourth-order valence-corrected chi connectivity index (χ4v) is 1.93. The van der Waals surface area contributed by atoms with Crippen molar-refractivity contribution in [1.29, 1.82) is 0 Å². The second kappa shape index (κ2) is 7.16. The van der Waals surface area contributed by atoms with Crippen molar-refractivity contribution in [2.45, 2.75) is 46.6 Å². The summed E-state index contributed by atoms with van der Waals surface area (Å²) in [6.45, 7) is 10.1. The largest absolute Gasteiger partial charge is 0.444 e. The lowest BCUT2D eigenvalue weighted by Gasteiger charge is -2.19. The summed E-state index contributed by atoms with van der Waals surface area (Å²) in [6.07, 6.45) is 4.33. The highest BCUT2D eigenvalue weighted by Gasteiger charge is 2.15. The second-order valence-electron chi connectivity index (χ2n) is 6.20. The van der Waals surface area contributed by atoms with Crippen molar-refractivity contribution in [3.8, 4) is 0 Å². The third-order valence-corrected chi connectivity index (χ3v) is 2.84. The Morgan fingerprint density at radius 1 is 1.33 bits per heavy atom. The van der Waals surface area contributed by atoms with E-state index in [9.17, 15) is 4.79 Å². The van der Waals surface area contributed by atoms with Gasteiger partial charge in [-0.25, -0.2) is 4.79 Å². The van der Waals surface area contributed by atoms with Crippen LogP contribution in [-0.4, -0.2) is 18.2 Å². The van der Waals surface area contributed by atoms with Gasteiger partial charge in [-0.3, -0.25) is 0 Å². The maximum Gasteiger partial charge on any atom is 0.407 e. The predicted octanol–water partition coefficient (Wildman–Crippen LogP) is 3.81. The van der Waals surface area contributed by atoms with Crippen molar-refractivity contribution in [3.63, 3.8) is 0 Å². The molecule has 0 radical (unpaired) electrons. The van der Waals surface area contributed by atoms with E-state index >= 15 is 0 Å². The highest BCUT2D eigenvalue weighted by atomic mass is 16.6. The van der Waals surface area contributed by atoms with Crippen molar-refractivity contribution in [2.24, 2.45) is 0 Å². The summed E-state index contributed by atoms with van der Waals surface area (Å²) < 4.78 is 5.16. The summed E-state index contributed by atoms with van der Waals surface area (Å²) in [5, 5.41) is 2.72. The molecule has 0 saturated carbocycles. The molecule has 0 fully saturated rings. The van der Waals surface area contributed by atoms with Crippen LogP contribution in [0.2, 0.25) is 0 Å². The van der Waals surface area contributed by atoms with Crippen molar-refractivity contribution in [1.82, 2.24) is 5.32 Å². The lowest BCUT2D eigenvalue weighted by molar-refractivity contribution is 0.0529. The normalized spacial score (nSPS) is 11.7. The maximum absolute atomic E-state index is 11.5.